The predicted octanol–water partition coefficient (Wildman–Crippen LogP) is 2.43. The van der Waals surface area contributed by atoms with Gasteiger partial charge in [-0.1, -0.05) is 27.7 Å². The lowest BCUT2D eigenvalue weighted by Crippen LogP contribution is -2.36. The summed E-state index contributed by atoms with van der Waals surface area (Å²) in [5.74, 6) is 2.59. The molecular weight excluding hydrogens is 186 g/mol. The maximum absolute atomic E-state index is 4.38. The molecule has 1 saturated heterocycles. The van der Waals surface area contributed by atoms with Crippen LogP contribution in [0.5, 0.6) is 0 Å². The van der Waals surface area contributed by atoms with E-state index < -0.39 is 0 Å². The van der Waals surface area contributed by atoms with Gasteiger partial charge < -0.3 is 4.90 Å². The molecule has 3 heteroatoms. The van der Waals surface area contributed by atoms with Crippen LogP contribution in [-0.4, -0.2) is 36.7 Å². The third-order valence-electron chi connectivity index (χ3n) is 2.84. The van der Waals surface area contributed by atoms with E-state index in [0.29, 0.717) is 5.92 Å². The minimum Gasteiger partial charge on any atom is -0.359 e. The first-order valence-corrected chi connectivity index (χ1v) is 6.08. The van der Waals surface area contributed by atoms with Gasteiger partial charge in [0, 0.05) is 19.0 Å². The topological polar surface area (TPSA) is 28.0 Å². The second-order valence-electron chi connectivity index (χ2n) is 4.21. The molecule has 86 valence electrons. The minimum atomic E-state index is 0.510. The number of amidine groups is 1. The van der Waals surface area contributed by atoms with Gasteiger partial charge in [-0.25, -0.2) is 4.99 Å². The van der Waals surface area contributed by atoms with E-state index in [-0.39, 0.29) is 0 Å². The molecule has 2 heterocycles. The largest absolute Gasteiger partial charge is 0.359 e. The van der Waals surface area contributed by atoms with Crippen molar-refractivity contribution in [2.75, 3.05) is 19.6 Å². The van der Waals surface area contributed by atoms with E-state index in [9.17, 15) is 0 Å². The summed E-state index contributed by atoms with van der Waals surface area (Å²) >= 11 is 0. The smallest absolute Gasteiger partial charge is 0.112 e. The fraction of sp³-hybridized carbons (Fsp3) is 0.833. The van der Waals surface area contributed by atoms with Crippen LogP contribution < -0.4 is 0 Å². The Labute approximate surface area is 93.3 Å². The van der Waals surface area contributed by atoms with Crippen molar-refractivity contribution >= 4 is 12.2 Å². The van der Waals surface area contributed by atoms with Crippen molar-refractivity contribution in [3.8, 4) is 0 Å². The van der Waals surface area contributed by atoms with E-state index in [1.54, 1.807) is 6.34 Å². The highest BCUT2D eigenvalue weighted by Gasteiger charge is 2.25. The average Bonchev–Trinajstić information content (AvgIpc) is 2.68. The maximum Gasteiger partial charge on any atom is 0.112 e. The van der Waals surface area contributed by atoms with Crippen LogP contribution in [0.2, 0.25) is 0 Å². The molecule has 1 fully saturated rings. The maximum atomic E-state index is 4.38. The van der Waals surface area contributed by atoms with Crippen LogP contribution in [0.3, 0.4) is 0 Å². The van der Waals surface area contributed by atoms with Crippen LogP contribution in [0.25, 0.3) is 0 Å². The molecule has 0 aromatic carbocycles. The fourth-order valence-corrected chi connectivity index (χ4v) is 2.05. The Morgan fingerprint density at radius 2 is 2.07 bits per heavy atom. The van der Waals surface area contributed by atoms with Crippen molar-refractivity contribution in [3.05, 3.63) is 0 Å². The van der Waals surface area contributed by atoms with Crippen LogP contribution in [0.15, 0.2) is 9.98 Å². The zero-order valence-corrected chi connectivity index (χ0v) is 10.4. The Kier molecular flexibility index (Phi) is 4.79. The zero-order chi connectivity index (χ0) is 11.3. The number of likely N-dealkylation sites (tertiary alicyclic amines) is 1. The summed E-state index contributed by atoms with van der Waals surface area (Å²) in [5, 5.41) is 0. The number of hydrogen-bond donors (Lipinski definition) is 0. The summed E-state index contributed by atoms with van der Waals surface area (Å²) in [6.07, 6.45) is 3.02. The van der Waals surface area contributed by atoms with E-state index in [2.05, 4.69) is 28.7 Å². The molecule has 15 heavy (non-hydrogen) atoms. The summed E-state index contributed by atoms with van der Waals surface area (Å²) in [6, 6.07) is 0. The van der Waals surface area contributed by atoms with Crippen LogP contribution >= 0.6 is 0 Å². The number of hydrogen-bond acceptors (Lipinski definition) is 3. The highest BCUT2D eigenvalue weighted by Crippen LogP contribution is 2.19. The van der Waals surface area contributed by atoms with Gasteiger partial charge in [0.15, 0.2) is 0 Å². The SMILES string of the molecule is CC.CC1CCN(C2=NC=NCC2C)C1. The van der Waals surface area contributed by atoms with Crippen LogP contribution in [0.1, 0.15) is 34.1 Å². The molecule has 2 rings (SSSR count). The first-order chi connectivity index (χ1) is 7.27. The van der Waals surface area contributed by atoms with Gasteiger partial charge in [0.25, 0.3) is 0 Å². The first-order valence-electron chi connectivity index (χ1n) is 6.08. The van der Waals surface area contributed by atoms with Gasteiger partial charge in [-0.2, -0.15) is 0 Å². The molecular formula is C12H23N3. The highest BCUT2D eigenvalue weighted by molar-refractivity contribution is 5.92. The van der Waals surface area contributed by atoms with Crippen LogP contribution in [-0.2, 0) is 0 Å². The number of nitrogens with zero attached hydrogens (tertiary/aromatic N) is 3. The van der Waals surface area contributed by atoms with Crippen molar-refractivity contribution in [2.45, 2.75) is 34.1 Å². The second kappa shape index (κ2) is 5.89. The van der Waals surface area contributed by atoms with Crippen LogP contribution in [0.4, 0.5) is 0 Å². The molecule has 0 bridgehead atoms. The van der Waals surface area contributed by atoms with E-state index in [1.165, 1.54) is 25.3 Å². The average molecular weight is 209 g/mol. The van der Waals surface area contributed by atoms with Gasteiger partial charge in [0.1, 0.15) is 12.2 Å². The minimum absolute atomic E-state index is 0.510. The lowest BCUT2D eigenvalue weighted by Gasteiger charge is -2.25. The molecule has 0 N–H and O–H groups in total. The lowest BCUT2D eigenvalue weighted by atomic mass is 10.1. The van der Waals surface area contributed by atoms with Crippen molar-refractivity contribution in [2.24, 2.45) is 21.8 Å². The van der Waals surface area contributed by atoms with Gasteiger partial charge in [-0.15, -0.1) is 0 Å². The molecule has 0 spiro atoms. The third-order valence-corrected chi connectivity index (χ3v) is 2.84. The molecule has 2 atom stereocenters. The molecule has 2 aliphatic rings. The quantitative estimate of drug-likeness (QED) is 0.602. The van der Waals surface area contributed by atoms with Gasteiger partial charge in [-0.05, 0) is 12.3 Å². The molecule has 3 nitrogen and oxygen atoms in total. The Morgan fingerprint density at radius 1 is 1.33 bits per heavy atom. The monoisotopic (exact) mass is 209 g/mol. The fourth-order valence-electron chi connectivity index (χ4n) is 2.05. The standard InChI is InChI=1S/C10H17N3.C2H6/c1-8-3-4-13(6-8)10-9(2)5-11-7-12-10;1-2/h7-9H,3-6H2,1-2H3;1-2H3. The van der Waals surface area contributed by atoms with Gasteiger partial charge in [-0.3, -0.25) is 4.99 Å². The molecule has 0 aliphatic carbocycles. The Balaban J connectivity index is 0.000000531. The van der Waals surface area contributed by atoms with Crippen LogP contribution in [0, 0.1) is 11.8 Å². The molecule has 0 saturated carbocycles. The Morgan fingerprint density at radius 3 is 2.60 bits per heavy atom. The summed E-state index contributed by atoms with van der Waals surface area (Å²) < 4.78 is 0. The Bertz CT molecular complexity index is 245. The van der Waals surface area contributed by atoms with Crippen molar-refractivity contribution in [1.29, 1.82) is 0 Å². The molecule has 0 radical (unpaired) electrons. The lowest BCUT2D eigenvalue weighted by molar-refractivity contribution is 0.463. The number of aliphatic imine (C=N–C) groups is 2. The number of rotatable bonds is 0. The first kappa shape index (κ1) is 12.2. The van der Waals surface area contributed by atoms with E-state index >= 15 is 0 Å². The second-order valence-corrected chi connectivity index (χ2v) is 4.21. The highest BCUT2D eigenvalue weighted by atomic mass is 15.2. The van der Waals surface area contributed by atoms with Crippen molar-refractivity contribution in [3.63, 3.8) is 0 Å². The molecule has 0 amide bonds. The summed E-state index contributed by atoms with van der Waals surface area (Å²) in [7, 11) is 0. The predicted molar refractivity (Wildman–Crippen MR) is 66.7 cm³/mol. The van der Waals surface area contributed by atoms with Gasteiger partial charge in [0.05, 0.1) is 6.54 Å². The molecule has 2 aliphatic heterocycles. The van der Waals surface area contributed by atoms with E-state index in [1.807, 2.05) is 13.8 Å². The summed E-state index contributed by atoms with van der Waals surface area (Å²) in [6.45, 7) is 11.8. The van der Waals surface area contributed by atoms with Crippen molar-refractivity contribution < 1.29 is 0 Å². The third kappa shape index (κ3) is 3.05. The van der Waals surface area contributed by atoms with Gasteiger partial charge in [0.2, 0.25) is 0 Å². The normalized spacial score (nSPS) is 29.6. The molecule has 2 unspecified atom stereocenters. The van der Waals surface area contributed by atoms with Gasteiger partial charge >= 0.3 is 0 Å². The molecule has 0 aromatic heterocycles. The zero-order valence-electron chi connectivity index (χ0n) is 10.4. The van der Waals surface area contributed by atoms with E-state index in [4.69, 9.17) is 0 Å². The summed E-state index contributed by atoms with van der Waals surface area (Å²) in [4.78, 5) is 11.0. The summed E-state index contributed by atoms with van der Waals surface area (Å²) in [5.41, 5.74) is 0. The molecule has 0 aromatic rings. The van der Waals surface area contributed by atoms with E-state index in [0.717, 1.165) is 12.5 Å². The van der Waals surface area contributed by atoms with Crippen molar-refractivity contribution in [1.82, 2.24) is 4.90 Å². The Hall–Kier alpha value is -0.860.